The molecule has 0 fully saturated rings. The maximum Gasteiger partial charge on any atom is 0.150 e. The van der Waals surface area contributed by atoms with E-state index in [1.54, 1.807) is 6.92 Å². The number of hydrogen-bond acceptors (Lipinski definition) is 4. The van der Waals surface area contributed by atoms with Crippen molar-refractivity contribution in [3.8, 4) is 0 Å². The molecule has 0 aliphatic carbocycles. The highest BCUT2D eigenvalue weighted by atomic mass is 32.2. The van der Waals surface area contributed by atoms with Crippen molar-refractivity contribution in [3.63, 3.8) is 0 Å². The highest BCUT2D eigenvalue weighted by Gasteiger charge is 2.15. The van der Waals surface area contributed by atoms with Crippen molar-refractivity contribution in [2.45, 2.75) is 46.1 Å². The number of rotatable bonds is 10. The number of nitrogens with zero attached hydrogens (tertiary/aromatic N) is 1. The fraction of sp³-hybridized carbons (Fsp3) is 1.00. The summed E-state index contributed by atoms with van der Waals surface area (Å²) in [7, 11) is -2.83. The van der Waals surface area contributed by atoms with Gasteiger partial charge in [0.05, 0.1) is 5.75 Å². The van der Waals surface area contributed by atoms with Crippen LogP contribution in [0, 0.1) is 0 Å². The highest BCUT2D eigenvalue weighted by Crippen LogP contribution is 2.09. The molecule has 2 N–H and O–H groups in total. The van der Waals surface area contributed by atoms with Crippen LogP contribution in [0.25, 0.3) is 0 Å². The maximum atomic E-state index is 11.4. The predicted octanol–water partition coefficient (Wildman–Crippen LogP) is 1.26. The van der Waals surface area contributed by atoms with E-state index in [0.717, 1.165) is 25.9 Å². The molecule has 4 nitrogen and oxygen atoms in total. The minimum Gasteiger partial charge on any atom is -0.329 e. The van der Waals surface area contributed by atoms with Gasteiger partial charge in [0, 0.05) is 24.9 Å². The number of hydrogen-bond donors (Lipinski definition) is 1. The van der Waals surface area contributed by atoms with Crippen LogP contribution in [0.3, 0.4) is 0 Å². The topological polar surface area (TPSA) is 63.4 Å². The van der Waals surface area contributed by atoms with Crippen molar-refractivity contribution in [3.05, 3.63) is 0 Å². The molecule has 0 radical (unpaired) electrons. The highest BCUT2D eigenvalue weighted by molar-refractivity contribution is 7.91. The first kappa shape index (κ1) is 16.9. The van der Waals surface area contributed by atoms with Gasteiger partial charge in [-0.25, -0.2) is 8.42 Å². The summed E-state index contributed by atoms with van der Waals surface area (Å²) in [5.41, 5.74) is 5.60. The smallest absolute Gasteiger partial charge is 0.150 e. The Labute approximate surface area is 106 Å². The molecule has 0 bridgehead atoms. The van der Waals surface area contributed by atoms with Crippen LogP contribution in [0.5, 0.6) is 0 Å². The Morgan fingerprint density at radius 1 is 1.12 bits per heavy atom. The van der Waals surface area contributed by atoms with E-state index in [4.69, 9.17) is 5.73 Å². The van der Waals surface area contributed by atoms with E-state index in [1.807, 2.05) is 0 Å². The molecule has 0 aromatic heterocycles. The molecule has 0 aliphatic rings. The van der Waals surface area contributed by atoms with Gasteiger partial charge in [-0.15, -0.1) is 0 Å². The zero-order valence-electron chi connectivity index (χ0n) is 11.5. The lowest BCUT2D eigenvalue weighted by Crippen LogP contribution is -2.39. The molecule has 0 spiro atoms. The average Bonchev–Trinajstić information content (AvgIpc) is 2.30. The molecular weight excluding hydrogens is 236 g/mol. The molecule has 0 atom stereocenters. The fourth-order valence-corrected chi connectivity index (χ4v) is 2.94. The van der Waals surface area contributed by atoms with Crippen molar-refractivity contribution in [1.82, 2.24) is 4.90 Å². The molecule has 5 heteroatoms. The van der Waals surface area contributed by atoms with E-state index in [9.17, 15) is 8.42 Å². The molecule has 0 amide bonds. The summed E-state index contributed by atoms with van der Waals surface area (Å²) in [6, 6.07) is 0.530. The standard InChI is InChI=1S/C12H28N2O2S/c1-4-12(5-2)14(10-8-13)9-7-11-17(15,16)6-3/h12H,4-11,13H2,1-3H3. The monoisotopic (exact) mass is 264 g/mol. The van der Waals surface area contributed by atoms with Crippen LogP contribution in [-0.2, 0) is 9.84 Å². The van der Waals surface area contributed by atoms with Crippen molar-refractivity contribution < 1.29 is 8.42 Å². The van der Waals surface area contributed by atoms with Gasteiger partial charge in [-0.3, -0.25) is 4.90 Å². The Balaban J connectivity index is 4.17. The van der Waals surface area contributed by atoms with Gasteiger partial charge < -0.3 is 5.73 Å². The Morgan fingerprint density at radius 2 is 1.71 bits per heavy atom. The van der Waals surface area contributed by atoms with Gasteiger partial charge in [-0.05, 0) is 25.8 Å². The summed E-state index contributed by atoms with van der Waals surface area (Å²) in [6.07, 6.45) is 2.90. The van der Waals surface area contributed by atoms with Crippen LogP contribution >= 0.6 is 0 Å². The van der Waals surface area contributed by atoms with Crippen LogP contribution in [0.2, 0.25) is 0 Å². The van der Waals surface area contributed by atoms with Crippen molar-refractivity contribution in [1.29, 1.82) is 0 Å². The molecule has 0 aromatic rings. The second-order valence-corrected chi connectivity index (χ2v) is 6.86. The van der Waals surface area contributed by atoms with Crippen LogP contribution < -0.4 is 5.73 Å². The minimum absolute atomic E-state index is 0.245. The van der Waals surface area contributed by atoms with E-state index >= 15 is 0 Å². The quantitative estimate of drug-likeness (QED) is 0.645. The molecular formula is C12H28N2O2S. The van der Waals surface area contributed by atoms with Crippen molar-refractivity contribution >= 4 is 9.84 Å². The van der Waals surface area contributed by atoms with E-state index in [2.05, 4.69) is 18.7 Å². The van der Waals surface area contributed by atoms with E-state index < -0.39 is 9.84 Å². The van der Waals surface area contributed by atoms with Gasteiger partial charge in [-0.2, -0.15) is 0 Å². The largest absolute Gasteiger partial charge is 0.329 e. The van der Waals surface area contributed by atoms with Gasteiger partial charge in [-0.1, -0.05) is 20.8 Å². The Kier molecular flexibility index (Phi) is 8.82. The number of nitrogens with two attached hydrogens (primary N) is 1. The van der Waals surface area contributed by atoms with Crippen molar-refractivity contribution in [2.75, 3.05) is 31.1 Å². The van der Waals surface area contributed by atoms with Crippen LogP contribution in [0.15, 0.2) is 0 Å². The molecule has 0 saturated carbocycles. The predicted molar refractivity (Wildman–Crippen MR) is 73.9 cm³/mol. The molecule has 0 saturated heterocycles. The van der Waals surface area contributed by atoms with Gasteiger partial charge in [0.15, 0.2) is 0 Å². The maximum absolute atomic E-state index is 11.4. The van der Waals surface area contributed by atoms with Crippen LogP contribution in [-0.4, -0.2) is 50.5 Å². The van der Waals surface area contributed by atoms with Gasteiger partial charge in [0.2, 0.25) is 0 Å². The van der Waals surface area contributed by atoms with Gasteiger partial charge in [0.1, 0.15) is 9.84 Å². The summed E-state index contributed by atoms with van der Waals surface area (Å²) in [4.78, 5) is 2.32. The normalized spacial score (nSPS) is 12.6. The summed E-state index contributed by atoms with van der Waals surface area (Å²) in [5.74, 6) is 0.541. The molecule has 0 aromatic carbocycles. The third-order valence-electron chi connectivity index (χ3n) is 3.22. The average molecular weight is 264 g/mol. The lowest BCUT2D eigenvalue weighted by Gasteiger charge is -2.29. The molecule has 0 rings (SSSR count). The third-order valence-corrected chi connectivity index (χ3v) is 5.01. The fourth-order valence-electron chi connectivity index (χ4n) is 2.08. The minimum atomic E-state index is -2.83. The summed E-state index contributed by atoms with van der Waals surface area (Å²) >= 11 is 0. The number of sulfone groups is 1. The Bertz CT molecular complexity index is 274. The second kappa shape index (κ2) is 8.89. The second-order valence-electron chi connectivity index (χ2n) is 4.38. The first-order chi connectivity index (χ1) is 8.00. The summed E-state index contributed by atoms with van der Waals surface area (Å²) < 4.78 is 22.8. The van der Waals surface area contributed by atoms with Crippen LogP contribution in [0.4, 0.5) is 0 Å². The third kappa shape index (κ3) is 7.01. The van der Waals surface area contributed by atoms with Crippen LogP contribution in [0.1, 0.15) is 40.0 Å². The Morgan fingerprint density at radius 3 is 2.12 bits per heavy atom. The van der Waals surface area contributed by atoms with Crippen molar-refractivity contribution in [2.24, 2.45) is 5.73 Å². The lowest BCUT2D eigenvalue weighted by atomic mass is 10.1. The first-order valence-electron chi connectivity index (χ1n) is 6.65. The lowest BCUT2D eigenvalue weighted by molar-refractivity contribution is 0.191. The summed E-state index contributed by atoms with van der Waals surface area (Å²) in [6.45, 7) is 8.37. The van der Waals surface area contributed by atoms with Gasteiger partial charge in [0.25, 0.3) is 0 Å². The van der Waals surface area contributed by atoms with E-state index in [1.165, 1.54) is 0 Å². The molecule has 0 heterocycles. The summed E-state index contributed by atoms with van der Waals surface area (Å²) in [5, 5.41) is 0. The molecule has 0 aliphatic heterocycles. The SMILES string of the molecule is CCC(CC)N(CCN)CCCS(=O)(=O)CC. The molecule has 104 valence electrons. The molecule has 17 heavy (non-hydrogen) atoms. The Hall–Kier alpha value is -0.130. The van der Waals surface area contributed by atoms with Gasteiger partial charge >= 0.3 is 0 Å². The van der Waals surface area contributed by atoms with E-state index in [0.29, 0.717) is 24.8 Å². The first-order valence-corrected chi connectivity index (χ1v) is 8.47. The van der Waals surface area contributed by atoms with E-state index in [-0.39, 0.29) is 5.75 Å². The zero-order chi connectivity index (χ0) is 13.3. The zero-order valence-corrected chi connectivity index (χ0v) is 12.3. The molecule has 0 unspecified atom stereocenters.